The molecular formula is C18H23ClN2O3S. The maximum atomic E-state index is 12.3. The van der Waals surface area contributed by atoms with Crippen LogP contribution < -0.4 is 10.3 Å². The molecule has 5 nitrogen and oxygen atoms in total. The number of nitrogens with zero attached hydrogens (tertiary/aromatic N) is 2. The molecule has 2 aromatic rings. The fourth-order valence-electron chi connectivity index (χ4n) is 2.08. The van der Waals surface area contributed by atoms with E-state index in [4.69, 9.17) is 21.1 Å². The summed E-state index contributed by atoms with van der Waals surface area (Å²) in [7, 11) is 1.64. The van der Waals surface area contributed by atoms with Crippen molar-refractivity contribution in [1.82, 2.24) is 9.78 Å². The number of aromatic nitrogens is 2. The molecule has 1 aromatic heterocycles. The molecule has 2 rings (SSSR count). The summed E-state index contributed by atoms with van der Waals surface area (Å²) in [6.07, 6.45) is 1.65. The zero-order valence-corrected chi connectivity index (χ0v) is 16.5. The highest BCUT2D eigenvalue weighted by Crippen LogP contribution is 2.28. The van der Waals surface area contributed by atoms with Gasteiger partial charge in [-0.2, -0.15) is 5.10 Å². The van der Waals surface area contributed by atoms with Crippen molar-refractivity contribution in [3.8, 4) is 5.75 Å². The second-order valence-corrected chi connectivity index (χ2v) is 7.88. The number of thioether (sulfide) groups is 1. The fourth-order valence-corrected chi connectivity index (χ4v) is 3.22. The lowest BCUT2D eigenvalue weighted by molar-refractivity contribution is 0.146. The number of hydrogen-bond donors (Lipinski definition) is 0. The van der Waals surface area contributed by atoms with E-state index in [9.17, 15) is 4.79 Å². The van der Waals surface area contributed by atoms with Crippen LogP contribution >= 0.6 is 23.4 Å². The molecule has 0 atom stereocenters. The van der Waals surface area contributed by atoms with Crippen LogP contribution in [-0.2, 0) is 16.0 Å². The summed E-state index contributed by atoms with van der Waals surface area (Å²) in [6, 6.07) is 7.83. The third kappa shape index (κ3) is 5.49. The van der Waals surface area contributed by atoms with Crippen molar-refractivity contribution in [3.05, 3.63) is 51.4 Å². The third-order valence-corrected chi connectivity index (χ3v) is 4.97. The lowest BCUT2D eigenvalue weighted by Gasteiger charge is -2.21. The maximum absolute atomic E-state index is 12.3. The number of methoxy groups -OCH3 is 1. The van der Waals surface area contributed by atoms with Gasteiger partial charge in [-0.3, -0.25) is 4.79 Å². The Morgan fingerprint density at radius 3 is 2.48 bits per heavy atom. The maximum Gasteiger partial charge on any atom is 0.287 e. The first-order valence-corrected chi connectivity index (χ1v) is 9.31. The van der Waals surface area contributed by atoms with Gasteiger partial charge in [-0.05, 0) is 38.5 Å². The highest BCUT2D eigenvalue weighted by molar-refractivity contribution is 7.98. The predicted molar refractivity (Wildman–Crippen MR) is 102 cm³/mol. The first kappa shape index (κ1) is 19.8. The predicted octanol–water partition coefficient (Wildman–Crippen LogP) is 3.97. The van der Waals surface area contributed by atoms with E-state index in [0.29, 0.717) is 23.9 Å². The van der Waals surface area contributed by atoms with Gasteiger partial charge in [0, 0.05) is 12.9 Å². The number of hydrogen-bond acceptors (Lipinski definition) is 5. The van der Waals surface area contributed by atoms with E-state index in [-0.39, 0.29) is 10.6 Å². The highest BCUT2D eigenvalue weighted by atomic mass is 35.5. The molecule has 7 heteroatoms. The quantitative estimate of drug-likeness (QED) is 0.535. The van der Waals surface area contributed by atoms with E-state index in [1.807, 2.05) is 45.0 Å². The molecule has 0 radical (unpaired) electrons. The fraction of sp³-hybridized carbons (Fsp3) is 0.444. The molecule has 0 spiro atoms. The van der Waals surface area contributed by atoms with Crippen molar-refractivity contribution < 1.29 is 9.47 Å². The molecular weight excluding hydrogens is 360 g/mol. The van der Waals surface area contributed by atoms with Gasteiger partial charge >= 0.3 is 0 Å². The van der Waals surface area contributed by atoms with Crippen LogP contribution in [0.2, 0.25) is 5.02 Å². The van der Waals surface area contributed by atoms with Crippen molar-refractivity contribution >= 4 is 23.4 Å². The minimum atomic E-state index is -0.400. The standard InChI is InChI=1S/C18H23ClN2O3S/c1-18(2,3)21-17(22)16(19)15(11-20-21)25-12-13-5-7-14(8-6-13)24-10-9-23-4/h5-8,11H,9-10,12H2,1-4H3. The lowest BCUT2D eigenvalue weighted by Crippen LogP contribution is -2.36. The molecule has 0 aliphatic carbocycles. The number of benzene rings is 1. The Morgan fingerprint density at radius 2 is 1.88 bits per heavy atom. The lowest BCUT2D eigenvalue weighted by atomic mass is 10.1. The van der Waals surface area contributed by atoms with E-state index in [1.54, 1.807) is 13.3 Å². The summed E-state index contributed by atoms with van der Waals surface area (Å²) in [5.41, 5.74) is 0.448. The molecule has 136 valence electrons. The van der Waals surface area contributed by atoms with Gasteiger partial charge in [0.2, 0.25) is 0 Å². The summed E-state index contributed by atoms with van der Waals surface area (Å²) in [5, 5.41) is 4.46. The molecule has 0 fully saturated rings. The zero-order chi connectivity index (χ0) is 18.4. The van der Waals surface area contributed by atoms with E-state index < -0.39 is 5.54 Å². The molecule has 0 bridgehead atoms. The van der Waals surface area contributed by atoms with Crippen molar-refractivity contribution in [2.45, 2.75) is 37.0 Å². The average molecular weight is 383 g/mol. The normalized spacial score (nSPS) is 11.6. The van der Waals surface area contributed by atoms with Gasteiger partial charge in [0.1, 0.15) is 17.4 Å². The first-order valence-electron chi connectivity index (χ1n) is 7.94. The van der Waals surface area contributed by atoms with Crippen LogP contribution in [0.15, 0.2) is 40.2 Å². The SMILES string of the molecule is COCCOc1ccc(CSc2cnn(C(C)(C)C)c(=O)c2Cl)cc1. The van der Waals surface area contributed by atoms with E-state index in [2.05, 4.69) is 5.10 Å². The van der Waals surface area contributed by atoms with Crippen LogP contribution in [0.3, 0.4) is 0 Å². The van der Waals surface area contributed by atoms with Crippen molar-refractivity contribution in [2.75, 3.05) is 20.3 Å². The first-order chi connectivity index (χ1) is 11.8. The van der Waals surface area contributed by atoms with Crippen LogP contribution in [0, 0.1) is 0 Å². The topological polar surface area (TPSA) is 53.4 Å². The molecule has 0 aliphatic rings. The molecule has 0 N–H and O–H groups in total. The van der Waals surface area contributed by atoms with E-state index in [0.717, 1.165) is 11.3 Å². The number of rotatable bonds is 7. The Labute approximate surface area is 157 Å². The van der Waals surface area contributed by atoms with Crippen LogP contribution in [0.1, 0.15) is 26.3 Å². The molecule has 1 aromatic carbocycles. The Bertz CT molecular complexity index is 754. The molecule has 0 saturated heterocycles. The third-order valence-electron chi connectivity index (χ3n) is 3.40. The average Bonchev–Trinajstić information content (AvgIpc) is 2.56. The van der Waals surface area contributed by atoms with Gasteiger partial charge in [0.25, 0.3) is 5.56 Å². The van der Waals surface area contributed by atoms with Crippen molar-refractivity contribution in [2.24, 2.45) is 0 Å². The minimum Gasteiger partial charge on any atom is -0.491 e. The van der Waals surface area contributed by atoms with Crippen molar-refractivity contribution in [1.29, 1.82) is 0 Å². The van der Waals surface area contributed by atoms with Crippen LogP contribution in [0.4, 0.5) is 0 Å². The number of ether oxygens (including phenoxy) is 2. The summed E-state index contributed by atoms with van der Waals surface area (Å²) in [6.45, 7) is 6.83. The summed E-state index contributed by atoms with van der Waals surface area (Å²) in [5.74, 6) is 1.50. The van der Waals surface area contributed by atoms with Crippen LogP contribution in [-0.4, -0.2) is 30.1 Å². The molecule has 0 saturated carbocycles. The van der Waals surface area contributed by atoms with Gasteiger partial charge in [0.15, 0.2) is 0 Å². The second kappa shape index (κ2) is 8.74. The number of halogens is 1. The largest absolute Gasteiger partial charge is 0.491 e. The van der Waals surface area contributed by atoms with Gasteiger partial charge < -0.3 is 9.47 Å². The minimum absolute atomic E-state index is 0.217. The Balaban J connectivity index is 2.02. The molecule has 25 heavy (non-hydrogen) atoms. The summed E-state index contributed by atoms with van der Waals surface area (Å²) >= 11 is 7.73. The molecule has 0 unspecified atom stereocenters. The van der Waals surface area contributed by atoms with Crippen LogP contribution in [0.25, 0.3) is 0 Å². The highest BCUT2D eigenvalue weighted by Gasteiger charge is 2.19. The van der Waals surface area contributed by atoms with Gasteiger partial charge in [-0.25, -0.2) is 4.68 Å². The smallest absolute Gasteiger partial charge is 0.287 e. The van der Waals surface area contributed by atoms with Gasteiger partial charge in [-0.15, -0.1) is 11.8 Å². The van der Waals surface area contributed by atoms with Crippen LogP contribution in [0.5, 0.6) is 5.75 Å². The second-order valence-electron chi connectivity index (χ2n) is 6.48. The zero-order valence-electron chi connectivity index (χ0n) is 14.9. The van der Waals surface area contributed by atoms with Gasteiger partial charge in [0.05, 0.1) is 23.2 Å². The summed E-state index contributed by atoms with van der Waals surface area (Å²) < 4.78 is 11.9. The molecule has 0 amide bonds. The Morgan fingerprint density at radius 1 is 1.20 bits per heavy atom. The van der Waals surface area contributed by atoms with E-state index >= 15 is 0 Å². The monoisotopic (exact) mass is 382 g/mol. The Hall–Kier alpha value is -1.50. The van der Waals surface area contributed by atoms with Crippen molar-refractivity contribution in [3.63, 3.8) is 0 Å². The Kier molecular flexibility index (Phi) is 6.93. The molecule has 1 heterocycles. The summed E-state index contributed by atoms with van der Waals surface area (Å²) in [4.78, 5) is 13.0. The van der Waals surface area contributed by atoms with Gasteiger partial charge in [-0.1, -0.05) is 23.7 Å². The van der Waals surface area contributed by atoms with E-state index in [1.165, 1.54) is 16.4 Å². The molecule has 0 aliphatic heterocycles.